The van der Waals surface area contributed by atoms with Crippen molar-refractivity contribution in [2.24, 2.45) is 5.10 Å². The molecule has 4 rings (SSSR count). The highest BCUT2D eigenvalue weighted by molar-refractivity contribution is 7.14. The van der Waals surface area contributed by atoms with Crippen LogP contribution >= 0.6 is 11.3 Å². The molecule has 0 amide bonds. The first kappa shape index (κ1) is 19.0. The standard InChI is InChI=1S/C22H22N4O2S/c1-4-26-13-15(17-7-5-6-8-20(17)26)12-23-25-22-24-19(14-29-22)18-10-9-16(27-2)11-21(18)28-3/h5-14H,4H2,1-3H3,(H,24,25)/b23-12-. The summed E-state index contributed by atoms with van der Waals surface area (Å²) in [6.45, 7) is 3.05. The van der Waals surface area contributed by atoms with Crippen molar-refractivity contribution in [3.05, 3.63) is 59.6 Å². The lowest BCUT2D eigenvalue weighted by Gasteiger charge is -2.08. The summed E-state index contributed by atoms with van der Waals surface area (Å²) in [7, 11) is 3.27. The van der Waals surface area contributed by atoms with Crippen molar-refractivity contribution in [1.29, 1.82) is 0 Å². The number of hydrogen-bond acceptors (Lipinski definition) is 6. The molecule has 7 heteroatoms. The van der Waals surface area contributed by atoms with Crippen LogP contribution in [-0.2, 0) is 6.54 Å². The van der Waals surface area contributed by atoms with Crippen molar-refractivity contribution in [3.63, 3.8) is 0 Å². The van der Waals surface area contributed by atoms with Gasteiger partial charge in [-0.15, -0.1) is 11.3 Å². The Morgan fingerprint density at radius 3 is 2.83 bits per heavy atom. The number of rotatable bonds is 7. The second-order valence-corrected chi connectivity index (χ2v) is 7.22. The first-order valence-electron chi connectivity index (χ1n) is 9.28. The molecule has 1 N–H and O–H groups in total. The smallest absolute Gasteiger partial charge is 0.203 e. The minimum Gasteiger partial charge on any atom is -0.497 e. The number of hydrogen-bond donors (Lipinski definition) is 1. The van der Waals surface area contributed by atoms with E-state index in [2.05, 4.69) is 51.4 Å². The zero-order valence-corrected chi connectivity index (χ0v) is 17.4. The Labute approximate surface area is 173 Å². The molecule has 148 valence electrons. The Bertz CT molecular complexity index is 1160. The van der Waals surface area contributed by atoms with Crippen molar-refractivity contribution >= 4 is 33.6 Å². The van der Waals surface area contributed by atoms with E-state index >= 15 is 0 Å². The van der Waals surface area contributed by atoms with Gasteiger partial charge in [-0.25, -0.2) is 4.98 Å². The fraction of sp³-hybridized carbons (Fsp3) is 0.182. The molecular formula is C22H22N4O2S. The Morgan fingerprint density at radius 1 is 1.17 bits per heavy atom. The van der Waals surface area contributed by atoms with Crippen LogP contribution in [-0.4, -0.2) is 30.0 Å². The fourth-order valence-electron chi connectivity index (χ4n) is 3.26. The number of thiazole rings is 1. The lowest BCUT2D eigenvalue weighted by Crippen LogP contribution is -1.92. The lowest BCUT2D eigenvalue weighted by atomic mass is 10.1. The molecule has 2 aromatic heterocycles. The molecule has 0 radical (unpaired) electrons. The van der Waals surface area contributed by atoms with Crippen molar-refractivity contribution in [3.8, 4) is 22.8 Å². The van der Waals surface area contributed by atoms with Crippen LogP contribution < -0.4 is 14.9 Å². The second-order valence-electron chi connectivity index (χ2n) is 6.36. The van der Waals surface area contributed by atoms with Gasteiger partial charge < -0.3 is 14.0 Å². The van der Waals surface area contributed by atoms with Crippen LogP contribution in [0, 0.1) is 0 Å². The van der Waals surface area contributed by atoms with Crippen LogP contribution in [0.25, 0.3) is 22.2 Å². The van der Waals surface area contributed by atoms with Crippen LogP contribution in [0.2, 0.25) is 0 Å². The van der Waals surface area contributed by atoms with E-state index in [-0.39, 0.29) is 0 Å². The van der Waals surface area contributed by atoms with Crippen LogP contribution in [0.4, 0.5) is 5.13 Å². The molecule has 6 nitrogen and oxygen atoms in total. The van der Waals surface area contributed by atoms with Crippen molar-refractivity contribution in [2.75, 3.05) is 19.6 Å². The summed E-state index contributed by atoms with van der Waals surface area (Å²) >= 11 is 1.49. The summed E-state index contributed by atoms with van der Waals surface area (Å²) in [5.41, 5.74) is 7.06. The SMILES string of the molecule is CCn1cc(/C=N\Nc2nc(-c3ccc(OC)cc3OC)cs2)c2ccccc21. The quantitative estimate of drug-likeness (QED) is 0.336. The maximum absolute atomic E-state index is 5.48. The van der Waals surface area contributed by atoms with E-state index in [0.29, 0.717) is 5.13 Å². The molecule has 29 heavy (non-hydrogen) atoms. The number of benzene rings is 2. The van der Waals surface area contributed by atoms with Gasteiger partial charge in [0.2, 0.25) is 5.13 Å². The Kier molecular flexibility index (Phi) is 5.48. The molecule has 0 aliphatic heterocycles. The third-order valence-corrected chi connectivity index (χ3v) is 5.46. The highest BCUT2D eigenvalue weighted by atomic mass is 32.1. The van der Waals surface area contributed by atoms with E-state index in [4.69, 9.17) is 9.47 Å². The van der Waals surface area contributed by atoms with Crippen LogP contribution in [0.3, 0.4) is 0 Å². The van der Waals surface area contributed by atoms with Gasteiger partial charge in [-0.05, 0) is 25.1 Å². The first-order valence-corrected chi connectivity index (χ1v) is 10.2. The monoisotopic (exact) mass is 406 g/mol. The summed E-state index contributed by atoms with van der Waals surface area (Å²) < 4.78 is 13.0. The third-order valence-electron chi connectivity index (χ3n) is 4.71. The number of nitrogens with one attached hydrogen (secondary N) is 1. The van der Waals surface area contributed by atoms with E-state index in [1.807, 2.05) is 35.9 Å². The molecule has 0 aliphatic rings. The van der Waals surface area contributed by atoms with E-state index in [1.54, 1.807) is 14.2 Å². The fourth-order valence-corrected chi connectivity index (χ4v) is 3.92. The molecule has 0 bridgehead atoms. The lowest BCUT2D eigenvalue weighted by molar-refractivity contribution is 0.395. The van der Waals surface area contributed by atoms with Crippen molar-refractivity contribution in [2.45, 2.75) is 13.5 Å². The molecule has 4 aromatic rings. The van der Waals surface area contributed by atoms with E-state index < -0.39 is 0 Å². The summed E-state index contributed by atoms with van der Waals surface area (Å²) in [5, 5.41) is 8.27. The topological polar surface area (TPSA) is 60.7 Å². The highest BCUT2D eigenvalue weighted by Crippen LogP contribution is 2.34. The van der Waals surface area contributed by atoms with Gasteiger partial charge in [0.25, 0.3) is 0 Å². The molecule has 2 heterocycles. The minimum absolute atomic E-state index is 0.716. The van der Waals surface area contributed by atoms with Gasteiger partial charge >= 0.3 is 0 Å². The molecule has 0 saturated heterocycles. The number of anilines is 1. The average molecular weight is 407 g/mol. The van der Waals surface area contributed by atoms with Gasteiger partial charge in [-0.2, -0.15) is 5.10 Å². The molecule has 0 unspecified atom stereocenters. The summed E-state index contributed by atoms with van der Waals surface area (Å²) in [4.78, 5) is 4.63. The van der Waals surface area contributed by atoms with Crippen LogP contribution in [0.5, 0.6) is 11.5 Å². The number of ether oxygens (including phenoxy) is 2. The Balaban J connectivity index is 1.54. The number of aromatic nitrogens is 2. The van der Waals surface area contributed by atoms with Gasteiger partial charge in [0.1, 0.15) is 11.5 Å². The summed E-state index contributed by atoms with van der Waals surface area (Å²) in [6.07, 6.45) is 3.95. The van der Waals surface area contributed by atoms with Gasteiger partial charge in [-0.3, -0.25) is 5.43 Å². The number of fused-ring (bicyclic) bond motifs is 1. The number of hydrazone groups is 1. The van der Waals surface area contributed by atoms with E-state index in [9.17, 15) is 0 Å². The van der Waals surface area contributed by atoms with E-state index in [0.717, 1.165) is 34.9 Å². The van der Waals surface area contributed by atoms with Gasteiger partial charge in [0.05, 0.1) is 26.1 Å². The number of methoxy groups -OCH3 is 2. The molecule has 0 atom stereocenters. The number of para-hydroxylation sites is 1. The maximum atomic E-state index is 5.48. The average Bonchev–Trinajstić information content (AvgIpc) is 3.38. The second kappa shape index (κ2) is 8.36. The number of aryl methyl sites for hydroxylation is 1. The van der Waals surface area contributed by atoms with Crippen LogP contribution in [0.1, 0.15) is 12.5 Å². The summed E-state index contributed by atoms with van der Waals surface area (Å²) in [5.74, 6) is 1.46. The molecule has 2 aromatic carbocycles. The predicted octanol–water partition coefficient (Wildman–Crippen LogP) is 5.25. The first-order chi connectivity index (χ1) is 14.2. The normalized spacial score (nSPS) is 11.3. The van der Waals surface area contributed by atoms with Crippen LogP contribution in [0.15, 0.2) is 59.1 Å². The molecule has 0 spiro atoms. The summed E-state index contributed by atoms with van der Waals surface area (Å²) in [6, 6.07) is 14.0. The predicted molar refractivity (Wildman–Crippen MR) is 119 cm³/mol. The van der Waals surface area contributed by atoms with Gasteiger partial charge in [0.15, 0.2) is 0 Å². The van der Waals surface area contributed by atoms with Crippen molar-refractivity contribution < 1.29 is 9.47 Å². The molecule has 0 aliphatic carbocycles. The van der Waals surface area contributed by atoms with Crippen molar-refractivity contribution in [1.82, 2.24) is 9.55 Å². The van der Waals surface area contributed by atoms with Gasteiger partial charge in [-0.1, -0.05) is 18.2 Å². The third kappa shape index (κ3) is 3.82. The zero-order chi connectivity index (χ0) is 20.2. The Hall–Kier alpha value is -3.32. The van der Waals surface area contributed by atoms with Gasteiger partial charge in [0, 0.05) is 46.2 Å². The maximum Gasteiger partial charge on any atom is 0.203 e. The minimum atomic E-state index is 0.716. The van der Waals surface area contributed by atoms with E-state index in [1.165, 1.54) is 22.2 Å². The Morgan fingerprint density at radius 2 is 2.03 bits per heavy atom. The highest BCUT2D eigenvalue weighted by Gasteiger charge is 2.11. The zero-order valence-electron chi connectivity index (χ0n) is 16.5. The molecule has 0 saturated carbocycles. The largest absolute Gasteiger partial charge is 0.497 e. The molecule has 0 fully saturated rings. The number of nitrogens with zero attached hydrogens (tertiary/aromatic N) is 3. The molecular weight excluding hydrogens is 384 g/mol.